The smallest absolute Gasteiger partial charge is 0.0269 e. The van der Waals surface area contributed by atoms with Gasteiger partial charge in [0.1, 0.15) is 0 Å². The van der Waals surface area contributed by atoms with Crippen LogP contribution in [0.25, 0.3) is 0 Å². The van der Waals surface area contributed by atoms with Crippen molar-refractivity contribution >= 4 is 0 Å². The molecule has 0 saturated heterocycles. The minimum atomic E-state index is -1.73. The topological polar surface area (TPSA) is 0 Å². The van der Waals surface area contributed by atoms with Crippen LogP contribution in [-0.2, 0) is 0 Å². The molecule has 0 aliphatic carbocycles. The van der Waals surface area contributed by atoms with E-state index in [4.69, 9.17) is 5.48 Å². The summed E-state index contributed by atoms with van der Waals surface area (Å²) in [4.78, 5) is 0. The predicted molar refractivity (Wildman–Crippen MR) is 52.8 cm³/mol. The van der Waals surface area contributed by atoms with E-state index in [0.717, 1.165) is 12.8 Å². The van der Waals surface area contributed by atoms with E-state index in [-0.39, 0.29) is 5.92 Å². The van der Waals surface area contributed by atoms with Crippen molar-refractivity contribution in [2.24, 2.45) is 11.8 Å². The second-order valence-electron chi connectivity index (χ2n) is 3.76. The lowest BCUT2D eigenvalue weighted by atomic mass is 10.0. The Balaban J connectivity index is 4.28. The molecule has 0 fully saturated rings. The van der Waals surface area contributed by atoms with E-state index in [1.165, 1.54) is 0 Å². The van der Waals surface area contributed by atoms with Crippen LogP contribution in [0.3, 0.4) is 0 Å². The molecular weight excluding hydrogens is 132 g/mol. The first-order valence-electron chi connectivity index (χ1n) is 6.61. The summed E-state index contributed by atoms with van der Waals surface area (Å²) in [6, 6.07) is 0. The SMILES string of the molecule is [2H]C([2H])(CCCC(C)C)C([2H])([2H])C(C)C. The molecule has 0 N–H and O–H groups in total. The van der Waals surface area contributed by atoms with Gasteiger partial charge in [0, 0.05) is 5.48 Å². The minimum Gasteiger partial charge on any atom is -0.0628 e. The molecule has 0 unspecified atom stereocenters. The lowest BCUT2D eigenvalue weighted by Crippen LogP contribution is -1.89. The Kier molecular flexibility index (Phi) is 3.42. The largest absolute Gasteiger partial charge is 0.0628 e. The zero-order chi connectivity index (χ0) is 12.3. The van der Waals surface area contributed by atoms with E-state index >= 15 is 0 Å². The minimum absolute atomic E-state index is 0.286. The zero-order valence-electron chi connectivity index (χ0n) is 12.3. The molecule has 0 saturated carbocycles. The summed E-state index contributed by atoms with van der Waals surface area (Å²) in [6.07, 6.45) is -1.40. The standard InChI is InChI=1S/C11H24/c1-10(2)8-6-5-7-9-11(3)4/h10-11H,5-9H2,1-4H3/i6D2,8D2. The molecule has 0 spiro atoms. The summed E-state index contributed by atoms with van der Waals surface area (Å²) in [5, 5.41) is 0. The van der Waals surface area contributed by atoms with Crippen LogP contribution in [0.4, 0.5) is 0 Å². The lowest BCUT2D eigenvalue weighted by molar-refractivity contribution is 0.486. The molecule has 0 aliphatic rings. The molecule has 0 heterocycles. The first kappa shape index (κ1) is 5.61. The van der Waals surface area contributed by atoms with Gasteiger partial charge in [-0.05, 0) is 11.8 Å². The molecule has 0 atom stereocenters. The fourth-order valence-corrected chi connectivity index (χ4v) is 0.875. The lowest BCUT2D eigenvalue weighted by Gasteiger charge is -2.05. The Hall–Kier alpha value is 0. The molecule has 0 radical (unpaired) electrons. The fourth-order valence-electron chi connectivity index (χ4n) is 0.875. The maximum Gasteiger partial charge on any atom is 0.0269 e. The van der Waals surface area contributed by atoms with Crippen LogP contribution in [0.1, 0.15) is 65.2 Å². The van der Waals surface area contributed by atoms with Crippen molar-refractivity contribution < 1.29 is 5.48 Å². The second kappa shape index (κ2) is 6.69. The van der Waals surface area contributed by atoms with Crippen LogP contribution in [0, 0.1) is 11.8 Å². The average Bonchev–Trinajstić information content (AvgIpc) is 2.02. The van der Waals surface area contributed by atoms with Crippen molar-refractivity contribution in [2.75, 3.05) is 0 Å². The van der Waals surface area contributed by atoms with Gasteiger partial charge in [0.2, 0.25) is 0 Å². The highest BCUT2D eigenvalue weighted by Crippen LogP contribution is 2.12. The molecule has 0 bridgehead atoms. The van der Waals surface area contributed by atoms with E-state index in [2.05, 4.69) is 13.8 Å². The molecule has 0 aromatic heterocycles. The van der Waals surface area contributed by atoms with Gasteiger partial charge in [-0.1, -0.05) is 59.7 Å². The van der Waals surface area contributed by atoms with Crippen molar-refractivity contribution in [2.45, 2.75) is 59.7 Å². The third-order valence-electron chi connectivity index (χ3n) is 1.47. The Morgan fingerprint density at radius 3 is 2.09 bits per heavy atom. The van der Waals surface area contributed by atoms with Crippen LogP contribution < -0.4 is 0 Å². The van der Waals surface area contributed by atoms with Gasteiger partial charge >= 0.3 is 0 Å². The highest BCUT2D eigenvalue weighted by Gasteiger charge is 1.95. The molecule has 0 aromatic rings. The molecule has 68 valence electrons. The van der Waals surface area contributed by atoms with Crippen LogP contribution in [0.5, 0.6) is 0 Å². The third kappa shape index (κ3) is 10.0. The maximum absolute atomic E-state index is 7.80. The van der Waals surface area contributed by atoms with E-state index in [1.807, 2.05) is 0 Å². The van der Waals surface area contributed by atoms with Crippen molar-refractivity contribution in [3.63, 3.8) is 0 Å². The highest BCUT2D eigenvalue weighted by atomic mass is 14.0. The van der Waals surface area contributed by atoms with E-state index < -0.39 is 12.7 Å². The highest BCUT2D eigenvalue weighted by molar-refractivity contribution is 4.49. The summed E-state index contributed by atoms with van der Waals surface area (Å²) in [5.74, 6) is 0.275. The van der Waals surface area contributed by atoms with Crippen LogP contribution in [-0.4, -0.2) is 0 Å². The Bertz CT molecular complexity index is 185. The van der Waals surface area contributed by atoms with Crippen LogP contribution in [0.15, 0.2) is 0 Å². The van der Waals surface area contributed by atoms with Crippen LogP contribution >= 0.6 is 0 Å². The van der Waals surface area contributed by atoms with Gasteiger partial charge in [0.05, 0.1) is 0 Å². The van der Waals surface area contributed by atoms with E-state index in [9.17, 15) is 0 Å². The molecular formula is C11H24. The molecule has 0 heteroatoms. The first-order valence-corrected chi connectivity index (χ1v) is 4.61. The molecule has 0 aliphatic heterocycles. The third-order valence-corrected chi connectivity index (χ3v) is 1.47. The number of hydrogen-bond acceptors (Lipinski definition) is 0. The van der Waals surface area contributed by atoms with Gasteiger partial charge in [0.25, 0.3) is 0 Å². The van der Waals surface area contributed by atoms with Crippen molar-refractivity contribution in [1.29, 1.82) is 0 Å². The summed E-state index contributed by atoms with van der Waals surface area (Å²) >= 11 is 0. The Morgan fingerprint density at radius 2 is 1.64 bits per heavy atom. The fraction of sp³-hybridized carbons (Fsp3) is 1.00. The molecule has 0 rings (SSSR count). The maximum atomic E-state index is 7.80. The van der Waals surface area contributed by atoms with Gasteiger partial charge < -0.3 is 0 Å². The van der Waals surface area contributed by atoms with Gasteiger partial charge in [-0.15, -0.1) is 0 Å². The zero-order valence-corrected chi connectivity index (χ0v) is 8.28. The molecule has 0 amide bonds. The summed E-state index contributed by atoms with van der Waals surface area (Å²) < 4.78 is 31.1. The van der Waals surface area contributed by atoms with Gasteiger partial charge in [-0.25, -0.2) is 0 Å². The van der Waals surface area contributed by atoms with Crippen LogP contribution in [0.2, 0.25) is 0 Å². The summed E-state index contributed by atoms with van der Waals surface area (Å²) in [7, 11) is 0. The summed E-state index contributed by atoms with van der Waals surface area (Å²) in [6.45, 7) is 7.68. The average molecular weight is 160 g/mol. The van der Waals surface area contributed by atoms with Crippen molar-refractivity contribution in [1.82, 2.24) is 0 Å². The number of rotatable bonds is 6. The monoisotopic (exact) mass is 160 g/mol. The number of hydrogen-bond donors (Lipinski definition) is 0. The quantitative estimate of drug-likeness (QED) is 0.545. The van der Waals surface area contributed by atoms with Crippen molar-refractivity contribution in [3.05, 3.63) is 0 Å². The van der Waals surface area contributed by atoms with Gasteiger partial charge in [-0.2, -0.15) is 0 Å². The van der Waals surface area contributed by atoms with Gasteiger partial charge in [0.15, 0.2) is 0 Å². The first-order chi connectivity index (χ1) is 6.61. The predicted octanol–water partition coefficient (Wildman–Crippen LogP) is 4.25. The summed E-state index contributed by atoms with van der Waals surface area (Å²) in [5.41, 5.74) is 0. The van der Waals surface area contributed by atoms with E-state index in [0.29, 0.717) is 12.3 Å². The van der Waals surface area contributed by atoms with Gasteiger partial charge in [-0.3, -0.25) is 0 Å². The molecule has 11 heavy (non-hydrogen) atoms. The molecule has 0 nitrogen and oxygen atoms in total. The molecule has 0 aromatic carbocycles. The normalized spacial score (nSPS) is 19.5. The second-order valence-corrected chi connectivity index (χ2v) is 3.76. The van der Waals surface area contributed by atoms with E-state index in [1.54, 1.807) is 13.8 Å². The Morgan fingerprint density at radius 1 is 1.00 bits per heavy atom. The Labute approximate surface area is 78.0 Å². The van der Waals surface area contributed by atoms with Crippen molar-refractivity contribution in [3.8, 4) is 0 Å².